The van der Waals surface area contributed by atoms with Crippen molar-refractivity contribution in [3.05, 3.63) is 53.1 Å². The van der Waals surface area contributed by atoms with Gasteiger partial charge in [-0.15, -0.1) is 0 Å². The molecular formula is C21H28N2O5S2. The van der Waals surface area contributed by atoms with Crippen LogP contribution < -0.4 is 9.46 Å². The lowest BCUT2D eigenvalue weighted by atomic mass is 10.1. The van der Waals surface area contributed by atoms with Crippen LogP contribution in [0.2, 0.25) is 0 Å². The van der Waals surface area contributed by atoms with Gasteiger partial charge in [-0.3, -0.25) is 0 Å². The second-order valence-corrected chi connectivity index (χ2v) is 11.2. The average molecular weight is 453 g/mol. The van der Waals surface area contributed by atoms with E-state index < -0.39 is 20.0 Å². The summed E-state index contributed by atoms with van der Waals surface area (Å²) in [6, 6.07) is 9.90. The highest BCUT2D eigenvalue weighted by molar-refractivity contribution is 7.89. The van der Waals surface area contributed by atoms with Gasteiger partial charge in [-0.1, -0.05) is 17.7 Å². The van der Waals surface area contributed by atoms with Crippen LogP contribution in [0.1, 0.15) is 29.5 Å². The van der Waals surface area contributed by atoms with E-state index >= 15 is 0 Å². The fraction of sp³-hybridized carbons (Fsp3) is 0.429. The molecule has 0 aliphatic carbocycles. The standard InChI is InChI=1S/C21H28N2O5S2/c1-16-14-17(2)21(18(3)15-16)29(24,25)22-10-13-28-19-6-8-20(9-7-19)30(26,27)23-11-4-5-12-23/h6-9,14-15,22H,4-5,10-13H2,1-3H3. The van der Waals surface area contributed by atoms with Crippen molar-refractivity contribution in [2.24, 2.45) is 0 Å². The van der Waals surface area contributed by atoms with Gasteiger partial charge in [0.25, 0.3) is 0 Å². The van der Waals surface area contributed by atoms with Gasteiger partial charge < -0.3 is 4.74 Å². The predicted molar refractivity (Wildman–Crippen MR) is 116 cm³/mol. The Bertz CT molecular complexity index is 1080. The van der Waals surface area contributed by atoms with Crippen LogP contribution in [0.3, 0.4) is 0 Å². The van der Waals surface area contributed by atoms with Crippen molar-refractivity contribution in [1.29, 1.82) is 0 Å². The number of nitrogens with zero attached hydrogens (tertiary/aromatic N) is 1. The van der Waals surface area contributed by atoms with Gasteiger partial charge in [-0.05, 0) is 69.0 Å². The van der Waals surface area contributed by atoms with Crippen LogP contribution in [0.15, 0.2) is 46.2 Å². The molecule has 0 atom stereocenters. The summed E-state index contributed by atoms with van der Waals surface area (Å²) < 4.78 is 60.0. The minimum Gasteiger partial charge on any atom is -0.492 e. The van der Waals surface area contributed by atoms with Crippen LogP contribution >= 0.6 is 0 Å². The van der Waals surface area contributed by atoms with Gasteiger partial charge in [0.05, 0.1) is 9.79 Å². The predicted octanol–water partition coefficient (Wildman–Crippen LogP) is 2.75. The molecule has 1 aliphatic rings. The molecule has 164 valence electrons. The summed E-state index contributed by atoms with van der Waals surface area (Å²) in [6.45, 7) is 6.83. The Morgan fingerprint density at radius 1 is 0.933 bits per heavy atom. The highest BCUT2D eigenvalue weighted by Gasteiger charge is 2.27. The van der Waals surface area contributed by atoms with Gasteiger partial charge in [0.1, 0.15) is 12.4 Å². The molecule has 1 heterocycles. The SMILES string of the molecule is Cc1cc(C)c(S(=O)(=O)NCCOc2ccc(S(=O)(=O)N3CCCC3)cc2)c(C)c1. The summed E-state index contributed by atoms with van der Waals surface area (Å²) in [5, 5.41) is 0. The first-order valence-corrected chi connectivity index (χ1v) is 12.8. The highest BCUT2D eigenvalue weighted by atomic mass is 32.2. The molecule has 7 nitrogen and oxygen atoms in total. The Hall–Kier alpha value is -1.94. The molecule has 0 radical (unpaired) electrons. The number of benzene rings is 2. The molecule has 0 saturated carbocycles. The van der Waals surface area contributed by atoms with E-state index in [-0.39, 0.29) is 18.0 Å². The Labute approximate surface area is 179 Å². The van der Waals surface area contributed by atoms with Crippen LogP contribution in [0.4, 0.5) is 0 Å². The smallest absolute Gasteiger partial charge is 0.243 e. The molecule has 0 spiro atoms. The second kappa shape index (κ2) is 9.05. The minimum atomic E-state index is -3.64. The first-order chi connectivity index (χ1) is 14.1. The summed E-state index contributed by atoms with van der Waals surface area (Å²) in [4.78, 5) is 0.535. The maximum absolute atomic E-state index is 12.6. The summed E-state index contributed by atoms with van der Waals surface area (Å²) in [6.07, 6.45) is 1.77. The molecule has 3 rings (SSSR count). The third-order valence-corrected chi connectivity index (χ3v) is 8.74. The van der Waals surface area contributed by atoms with Gasteiger partial charge in [-0.2, -0.15) is 4.31 Å². The molecule has 1 fully saturated rings. The van der Waals surface area contributed by atoms with Crippen molar-refractivity contribution < 1.29 is 21.6 Å². The number of nitrogens with one attached hydrogen (secondary N) is 1. The lowest BCUT2D eigenvalue weighted by Gasteiger charge is -2.16. The number of ether oxygens (including phenoxy) is 1. The third-order valence-electron chi connectivity index (χ3n) is 5.06. The van der Waals surface area contributed by atoms with Crippen molar-refractivity contribution in [2.45, 2.75) is 43.4 Å². The molecule has 2 aromatic carbocycles. The highest BCUT2D eigenvalue weighted by Crippen LogP contribution is 2.23. The van der Waals surface area contributed by atoms with Crippen LogP contribution in [0.25, 0.3) is 0 Å². The first-order valence-electron chi connectivity index (χ1n) is 9.92. The van der Waals surface area contributed by atoms with Crippen molar-refractivity contribution >= 4 is 20.0 Å². The van der Waals surface area contributed by atoms with Crippen molar-refractivity contribution in [3.8, 4) is 5.75 Å². The van der Waals surface area contributed by atoms with Gasteiger partial charge >= 0.3 is 0 Å². The summed E-state index contributed by atoms with van der Waals surface area (Å²) >= 11 is 0. The molecule has 0 amide bonds. The number of sulfonamides is 2. The number of hydrogen-bond donors (Lipinski definition) is 1. The topological polar surface area (TPSA) is 92.8 Å². The Balaban J connectivity index is 1.57. The first kappa shape index (κ1) is 22.7. The van der Waals surface area contributed by atoms with E-state index in [0.29, 0.717) is 34.9 Å². The van der Waals surface area contributed by atoms with E-state index in [1.165, 1.54) is 16.4 Å². The molecule has 0 aromatic heterocycles. The van der Waals surface area contributed by atoms with Crippen LogP contribution in [0.5, 0.6) is 5.75 Å². The second-order valence-electron chi connectivity index (χ2n) is 7.56. The maximum atomic E-state index is 12.6. The van der Waals surface area contributed by atoms with Gasteiger partial charge in [-0.25, -0.2) is 21.6 Å². The lowest BCUT2D eigenvalue weighted by Crippen LogP contribution is -2.29. The van der Waals surface area contributed by atoms with Crippen molar-refractivity contribution in [1.82, 2.24) is 9.03 Å². The van der Waals surface area contributed by atoms with Crippen LogP contribution in [-0.2, 0) is 20.0 Å². The van der Waals surface area contributed by atoms with Crippen molar-refractivity contribution in [3.63, 3.8) is 0 Å². The lowest BCUT2D eigenvalue weighted by molar-refractivity contribution is 0.322. The van der Waals surface area contributed by atoms with Gasteiger partial charge in [0.15, 0.2) is 0 Å². The summed E-state index contributed by atoms with van der Waals surface area (Å²) in [5.74, 6) is 0.484. The Morgan fingerprint density at radius 3 is 2.07 bits per heavy atom. The third kappa shape index (κ3) is 5.03. The molecule has 0 bridgehead atoms. The normalized spacial score (nSPS) is 15.4. The number of hydrogen-bond acceptors (Lipinski definition) is 5. The molecule has 30 heavy (non-hydrogen) atoms. The quantitative estimate of drug-likeness (QED) is 0.622. The molecule has 9 heteroatoms. The fourth-order valence-electron chi connectivity index (χ4n) is 3.79. The van der Waals surface area contributed by atoms with Gasteiger partial charge in [0.2, 0.25) is 20.0 Å². The molecular weight excluding hydrogens is 424 g/mol. The Kier molecular flexibility index (Phi) is 6.86. The largest absolute Gasteiger partial charge is 0.492 e. The van der Waals surface area contributed by atoms with E-state index in [9.17, 15) is 16.8 Å². The van der Waals surface area contributed by atoms with Crippen LogP contribution in [0, 0.1) is 20.8 Å². The number of aryl methyl sites for hydroxylation is 3. The fourth-order valence-corrected chi connectivity index (χ4v) is 6.77. The zero-order valence-corrected chi connectivity index (χ0v) is 19.1. The average Bonchev–Trinajstić information content (AvgIpc) is 3.20. The molecule has 0 unspecified atom stereocenters. The molecule has 1 aliphatic heterocycles. The summed E-state index contributed by atoms with van der Waals surface area (Å²) in [5.41, 5.74) is 2.42. The molecule has 2 aromatic rings. The van der Waals surface area contributed by atoms with E-state index in [0.717, 1.165) is 18.4 Å². The zero-order chi connectivity index (χ0) is 21.9. The molecule has 1 N–H and O–H groups in total. The van der Waals surface area contributed by atoms with Crippen molar-refractivity contribution in [2.75, 3.05) is 26.2 Å². The van der Waals surface area contributed by atoms with Gasteiger partial charge in [0, 0.05) is 19.6 Å². The monoisotopic (exact) mass is 452 g/mol. The van der Waals surface area contributed by atoms with Crippen LogP contribution in [-0.4, -0.2) is 47.4 Å². The zero-order valence-electron chi connectivity index (χ0n) is 17.5. The summed E-state index contributed by atoms with van der Waals surface area (Å²) in [7, 11) is -7.10. The van der Waals surface area contributed by atoms with E-state index in [2.05, 4.69) is 4.72 Å². The Morgan fingerprint density at radius 2 is 1.50 bits per heavy atom. The maximum Gasteiger partial charge on any atom is 0.243 e. The van der Waals surface area contributed by atoms with E-state index in [1.54, 1.807) is 26.0 Å². The number of rotatable bonds is 8. The molecule has 1 saturated heterocycles. The van der Waals surface area contributed by atoms with E-state index in [1.807, 2.05) is 19.1 Å². The van der Waals surface area contributed by atoms with E-state index in [4.69, 9.17) is 4.74 Å². The minimum absolute atomic E-state index is 0.100.